The van der Waals surface area contributed by atoms with Crippen molar-refractivity contribution in [1.82, 2.24) is 15.5 Å². The number of hydrogen-bond donors (Lipinski definition) is 3. The zero-order valence-electron chi connectivity index (χ0n) is 26.5. The molecule has 1 amide bonds. The summed E-state index contributed by atoms with van der Waals surface area (Å²) in [6, 6.07) is 32.9. The molecule has 1 atom stereocenters. The number of hydrogen-bond acceptors (Lipinski definition) is 7. The van der Waals surface area contributed by atoms with Crippen molar-refractivity contribution in [2.75, 3.05) is 11.9 Å². The number of nitrogens with one attached hydrogen (secondary N) is 2. The molecule has 9 nitrogen and oxygen atoms in total. The number of benzene rings is 4. The van der Waals surface area contributed by atoms with Crippen LogP contribution in [0.15, 0.2) is 112 Å². The molecular formula is C38H36N4O5. The molecule has 9 heteroatoms. The molecule has 238 valence electrons. The van der Waals surface area contributed by atoms with E-state index in [1.54, 1.807) is 24.3 Å². The van der Waals surface area contributed by atoms with Crippen LogP contribution in [0.5, 0.6) is 0 Å². The van der Waals surface area contributed by atoms with Crippen molar-refractivity contribution >= 4 is 28.5 Å². The van der Waals surface area contributed by atoms with Gasteiger partial charge >= 0.3 is 5.97 Å². The number of anilines is 1. The van der Waals surface area contributed by atoms with Crippen molar-refractivity contribution in [3.63, 3.8) is 0 Å². The van der Waals surface area contributed by atoms with Crippen molar-refractivity contribution < 1.29 is 23.5 Å². The van der Waals surface area contributed by atoms with Gasteiger partial charge in [-0.15, -0.1) is 10.2 Å². The molecule has 2 aromatic heterocycles. The summed E-state index contributed by atoms with van der Waals surface area (Å²) >= 11 is 0. The molecule has 0 saturated heterocycles. The van der Waals surface area contributed by atoms with Gasteiger partial charge in [-0.05, 0) is 65.1 Å². The number of carboxylic acids is 1. The van der Waals surface area contributed by atoms with E-state index in [9.17, 15) is 9.59 Å². The molecule has 0 aliphatic rings. The van der Waals surface area contributed by atoms with Crippen LogP contribution >= 0.6 is 0 Å². The fourth-order valence-corrected chi connectivity index (χ4v) is 5.27. The second-order valence-electron chi connectivity index (χ2n) is 12.5. The number of carbonyl (C=O) groups is 2. The van der Waals surface area contributed by atoms with E-state index in [4.69, 9.17) is 13.9 Å². The number of furan rings is 1. The number of carbonyl (C=O) groups excluding carboxylic acids is 1. The van der Waals surface area contributed by atoms with Gasteiger partial charge in [0.05, 0.1) is 6.42 Å². The zero-order chi connectivity index (χ0) is 33.0. The van der Waals surface area contributed by atoms with Crippen LogP contribution in [0.25, 0.3) is 33.7 Å². The van der Waals surface area contributed by atoms with Gasteiger partial charge in [-0.2, -0.15) is 0 Å². The molecule has 0 fully saturated rings. The SMILES string of the molecule is CC(C)(C)c1ccc(-c2nnc([C@H](Cc3ccc(-c4cc5ccccc5o4)cc3)Nc3ccc(C(=O)NCCC(=O)O)cc3)o2)cc1. The topological polar surface area (TPSA) is 130 Å². The van der Waals surface area contributed by atoms with Gasteiger partial charge < -0.3 is 24.6 Å². The van der Waals surface area contributed by atoms with Gasteiger partial charge in [0.15, 0.2) is 0 Å². The smallest absolute Gasteiger partial charge is 0.305 e. The van der Waals surface area contributed by atoms with Gasteiger partial charge in [-0.1, -0.05) is 75.4 Å². The van der Waals surface area contributed by atoms with Crippen molar-refractivity contribution in [3.05, 3.63) is 126 Å². The van der Waals surface area contributed by atoms with Gasteiger partial charge in [0, 0.05) is 40.7 Å². The van der Waals surface area contributed by atoms with Crippen LogP contribution in [0, 0.1) is 0 Å². The summed E-state index contributed by atoms with van der Waals surface area (Å²) in [5, 5.41) is 24.8. The maximum Gasteiger partial charge on any atom is 0.305 e. The van der Waals surface area contributed by atoms with E-state index in [1.807, 2.05) is 54.6 Å². The van der Waals surface area contributed by atoms with Crippen LogP contribution < -0.4 is 10.6 Å². The molecule has 0 saturated carbocycles. The van der Waals surface area contributed by atoms with Crippen LogP contribution in [0.4, 0.5) is 5.69 Å². The maximum atomic E-state index is 12.5. The Bertz CT molecular complexity index is 1950. The highest BCUT2D eigenvalue weighted by molar-refractivity contribution is 5.94. The molecule has 47 heavy (non-hydrogen) atoms. The maximum absolute atomic E-state index is 12.5. The Labute approximate surface area is 272 Å². The Balaban J connectivity index is 1.23. The first-order valence-corrected chi connectivity index (χ1v) is 15.5. The van der Waals surface area contributed by atoms with Crippen molar-refractivity contribution in [3.8, 4) is 22.8 Å². The predicted molar refractivity (Wildman–Crippen MR) is 181 cm³/mol. The number of aliphatic carboxylic acids is 1. The predicted octanol–water partition coefficient (Wildman–Crippen LogP) is 8.05. The minimum atomic E-state index is -0.967. The first kappa shape index (κ1) is 31.3. The van der Waals surface area contributed by atoms with Crippen molar-refractivity contribution in [2.45, 2.75) is 45.1 Å². The Morgan fingerprint density at radius 2 is 1.53 bits per heavy atom. The molecule has 0 radical (unpaired) electrons. The summed E-state index contributed by atoms with van der Waals surface area (Å²) in [7, 11) is 0. The van der Waals surface area contributed by atoms with Crippen molar-refractivity contribution in [2.24, 2.45) is 0 Å². The minimum Gasteiger partial charge on any atom is -0.481 e. The minimum absolute atomic E-state index is 0.0300. The Kier molecular flexibility index (Phi) is 8.88. The Hall–Kier alpha value is -5.70. The first-order chi connectivity index (χ1) is 22.6. The van der Waals surface area contributed by atoms with E-state index in [1.165, 1.54) is 5.56 Å². The summed E-state index contributed by atoms with van der Waals surface area (Å²) in [4.78, 5) is 23.2. The third-order valence-electron chi connectivity index (χ3n) is 7.95. The van der Waals surface area contributed by atoms with Crippen LogP contribution in [-0.2, 0) is 16.6 Å². The highest BCUT2D eigenvalue weighted by Crippen LogP contribution is 2.31. The lowest BCUT2D eigenvalue weighted by Gasteiger charge is -2.18. The van der Waals surface area contributed by atoms with E-state index >= 15 is 0 Å². The number of rotatable bonds is 11. The number of aromatic nitrogens is 2. The fraction of sp³-hybridized carbons (Fsp3) is 0.211. The van der Waals surface area contributed by atoms with E-state index in [0.29, 0.717) is 23.8 Å². The number of para-hydroxylation sites is 1. The highest BCUT2D eigenvalue weighted by atomic mass is 16.4. The van der Waals surface area contributed by atoms with Crippen LogP contribution in [-0.4, -0.2) is 33.7 Å². The van der Waals surface area contributed by atoms with Gasteiger partial charge in [0.25, 0.3) is 5.91 Å². The zero-order valence-corrected chi connectivity index (χ0v) is 26.5. The summed E-state index contributed by atoms with van der Waals surface area (Å²) in [6.07, 6.45) is 0.404. The molecule has 2 heterocycles. The standard InChI is InChI=1S/C38H36N4O5/c1-38(2,3)29-16-12-27(13-17-29)36-41-42-37(47-36)31(40-30-18-14-26(15-19-30)35(45)39-21-20-34(43)44)22-24-8-10-25(11-9-24)33-23-28-6-4-5-7-32(28)46-33/h4-19,23,31,40H,20-22H2,1-3H3,(H,39,45)(H,43,44)/t31-/m0/s1. The molecular weight excluding hydrogens is 592 g/mol. The van der Waals surface area contributed by atoms with Gasteiger partial charge in [-0.3, -0.25) is 9.59 Å². The fourth-order valence-electron chi connectivity index (χ4n) is 5.27. The lowest BCUT2D eigenvalue weighted by atomic mass is 9.87. The average Bonchev–Trinajstić information content (AvgIpc) is 3.73. The summed E-state index contributed by atoms with van der Waals surface area (Å²) in [5.74, 6) is 0.361. The summed E-state index contributed by atoms with van der Waals surface area (Å²) in [6.45, 7) is 6.57. The second kappa shape index (κ2) is 13.3. The molecule has 0 aliphatic carbocycles. The van der Waals surface area contributed by atoms with Gasteiger partial charge in [0.2, 0.25) is 11.8 Å². The van der Waals surface area contributed by atoms with Gasteiger partial charge in [-0.25, -0.2) is 0 Å². The van der Waals surface area contributed by atoms with E-state index in [2.05, 4.69) is 65.9 Å². The Morgan fingerprint density at radius 3 is 2.21 bits per heavy atom. The molecule has 3 N–H and O–H groups in total. The first-order valence-electron chi connectivity index (χ1n) is 15.5. The number of carboxylic acid groups (broad SMARTS) is 1. The van der Waals surface area contributed by atoms with Crippen LogP contribution in [0.3, 0.4) is 0 Å². The summed E-state index contributed by atoms with van der Waals surface area (Å²) in [5.41, 5.74) is 6.14. The lowest BCUT2D eigenvalue weighted by Crippen LogP contribution is -2.25. The molecule has 6 aromatic rings. The normalized spacial score (nSPS) is 12.1. The highest BCUT2D eigenvalue weighted by Gasteiger charge is 2.22. The number of nitrogens with zero attached hydrogens (tertiary/aromatic N) is 2. The second-order valence-corrected chi connectivity index (χ2v) is 12.5. The van der Waals surface area contributed by atoms with Crippen LogP contribution in [0.1, 0.15) is 60.6 Å². The number of fused-ring (bicyclic) bond motifs is 1. The van der Waals surface area contributed by atoms with Gasteiger partial charge in [0.1, 0.15) is 17.4 Å². The third-order valence-corrected chi connectivity index (χ3v) is 7.95. The van der Waals surface area contributed by atoms with E-state index in [-0.39, 0.29) is 30.3 Å². The third kappa shape index (κ3) is 7.58. The molecule has 0 bridgehead atoms. The quantitative estimate of drug-likeness (QED) is 0.131. The molecule has 4 aromatic carbocycles. The largest absolute Gasteiger partial charge is 0.481 e. The lowest BCUT2D eigenvalue weighted by molar-refractivity contribution is -0.136. The monoisotopic (exact) mass is 628 g/mol. The Morgan fingerprint density at radius 1 is 0.830 bits per heavy atom. The van der Waals surface area contributed by atoms with E-state index in [0.717, 1.165) is 39.1 Å². The van der Waals surface area contributed by atoms with Crippen molar-refractivity contribution in [1.29, 1.82) is 0 Å². The summed E-state index contributed by atoms with van der Waals surface area (Å²) < 4.78 is 12.3. The molecule has 0 spiro atoms. The average molecular weight is 629 g/mol. The van der Waals surface area contributed by atoms with Crippen LogP contribution in [0.2, 0.25) is 0 Å². The van der Waals surface area contributed by atoms with E-state index < -0.39 is 5.97 Å². The molecule has 6 rings (SSSR count). The molecule has 0 aliphatic heterocycles. The molecule has 0 unspecified atom stereocenters. The number of amides is 1.